The molecule has 1 fully saturated rings. The smallest absolute Gasteiger partial charge is 0.0438 e. The molecule has 0 amide bonds. The van der Waals surface area contributed by atoms with Crippen molar-refractivity contribution in [3.8, 4) is 0 Å². The Labute approximate surface area is 42.8 Å². The van der Waals surface area contributed by atoms with Gasteiger partial charge in [0.05, 0.1) is 0 Å². The van der Waals surface area contributed by atoms with Gasteiger partial charge in [0.15, 0.2) is 0 Å². The van der Waals surface area contributed by atoms with Crippen molar-refractivity contribution in [3.63, 3.8) is 0 Å². The molecule has 0 atom stereocenters. The van der Waals surface area contributed by atoms with E-state index < -0.39 is 0 Å². The summed E-state index contributed by atoms with van der Waals surface area (Å²) < 4.78 is 0. The number of hydrogen-bond donors (Lipinski definition) is 1. The first kappa shape index (κ1) is 4.62. The second kappa shape index (κ2) is 1.96. The molecule has 1 N–H and O–H groups in total. The molecule has 0 aliphatic heterocycles. The molecule has 1 saturated carbocycles. The average molecular weight is 99.1 g/mol. The van der Waals surface area contributed by atoms with E-state index in [4.69, 9.17) is 5.21 Å². The van der Waals surface area contributed by atoms with E-state index in [-0.39, 0.29) is 0 Å². The van der Waals surface area contributed by atoms with Crippen LogP contribution in [0, 0.1) is 5.92 Å². The highest BCUT2D eigenvalue weighted by Gasteiger charge is 2.19. The van der Waals surface area contributed by atoms with E-state index in [9.17, 15) is 0 Å². The molecule has 0 heterocycles. The molecule has 40 valence electrons. The van der Waals surface area contributed by atoms with Gasteiger partial charge in [-0.3, -0.25) is 0 Å². The first-order chi connectivity index (χ1) is 3.43. The summed E-state index contributed by atoms with van der Waals surface area (Å²) in [5, 5.41) is 10.8. The summed E-state index contributed by atoms with van der Waals surface area (Å²) in [5.74, 6) is 0.843. The minimum atomic E-state index is 0.843. The van der Waals surface area contributed by atoms with Gasteiger partial charge in [-0.15, -0.1) is 5.16 Å². The zero-order chi connectivity index (χ0) is 5.11. The van der Waals surface area contributed by atoms with Gasteiger partial charge in [0.25, 0.3) is 0 Å². The topological polar surface area (TPSA) is 32.6 Å². The van der Waals surface area contributed by atoms with Crippen molar-refractivity contribution >= 4 is 6.21 Å². The molecule has 0 bridgehead atoms. The van der Waals surface area contributed by atoms with E-state index in [0.717, 1.165) is 12.3 Å². The molecule has 2 heteroatoms. The van der Waals surface area contributed by atoms with Crippen molar-refractivity contribution in [1.29, 1.82) is 0 Å². The number of nitrogens with zero attached hydrogens (tertiary/aromatic N) is 1. The molecular formula is C5H9NO. The van der Waals surface area contributed by atoms with Crippen molar-refractivity contribution in [1.82, 2.24) is 0 Å². The Morgan fingerprint density at radius 1 is 1.71 bits per heavy atom. The van der Waals surface area contributed by atoms with Crippen LogP contribution < -0.4 is 0 Å². The van der Waals surface area contributed by atoms with Crippen molar-refractivity contribution in [2.24, 2.45) is 11.1 Å². The van der Waals surface area contributed by atoms with Gasteiger partial charge in [0.2, 0.25) is 0 Å². The molecule has 0 aromatic rings. The predicted octanol–water partition coefficient (Wildman–Crippen LogP) is 1.25. The van der Waals surface area contributed by atoms with Crippen LogP contribution in [0.5, 0.6) is 0 Å². The molecule has 2 nitrogen and oxygen atoms in total. The van der Waals surface area contributed by atoms with Gasteiger partial charge in [-0.2, -0.15) is 0 Å². The van der Waals surface area contributed by atoms with Crippen LogP contribution in [0.2, 0.25) is 0 Å². The molecular weight excluding hydrogens is 90.1 g/mol. The van der Waals surface area contributed by atoms with Gasteiger partial charge in [-0.25, -0.2) is 0 Å². The van der Waals surface area contributed by atoms with Crippen molar-refractivity contribution in [2.45, 2.75) is 19.3 Å². The zero-order valence-electron chi connectivity index (χ0n) is 4.17. The summed E-state index contributed by atoms with van der Waals surface area (Å²) in [7, 11) is 0. The van der Waals surface area contributed by atoms with Crippen LogP contribution in [-0.2, 0) is 0 Å². The zero-order valence-corrected chi connectivity index (χ0v) is 4.17. The highest BCUT2D eigenvalue weighted by Crippen LogP contribution is 2.31. The average Bonchev–Trinajstić information content (AvgIpc) is 2.42. The maximum Gasteiger partial charge on any atom is 0.0438 e. The fraction of sp³-hybridized carbons (Fsp3) is 0.800. The monoisotopic (exact) mass is 99.1 g/mol. The summed E-state index contributed by atoms with van der Waals surface area (Å²) in [6, 6.07) is 0. The van der Waals surface area contributed by atoms with Crippen LogP contribution in [0.4, 0.5) is 0 Å². The fourth-order valence-electron chi connectivity index (χ4n) is 0.550. The third-order valence-corrected chi connectivity index (χ3v) is 1.22. The molecule has 0 saturated heterocycles. The summed E-state index contributed by atoms with van der Waals surface area (Å²) in [5.41, 5.74) is 0. The van der Waals surface area contributed by atoms with Gasteiger partial charge in [0, 0.05) is 6.21 Å². The van der Waals surface area contributed by atoms with E-state index in [1.54, 1.807) is 6.21 Å². The number of oxime groups is 1. The number of hydrogen-bond acceptors (Lipinski definition) is 2. The maximum atomic E-state index is 7.91. The van der Waals surface area contributed by atoms with E-state index in [1.165, 1.54) is 12.8 Å². The predicted molar refractivity (Wildman–Crippen MR) is 27.6 cm³/mol. The Kier molecular flexibility index (Phi) is 1.29. The molecule has 0 spiro atoms. The van der Waals surface area contributed by atoms with Gasteiger partial charge < -0.3 is 5.21 Å². The Morgan fingerprint density at radius 3 is 2.86 bits per heavy atom. The molecule has 0 unspecified atom stereocenters. The second-order valence-corrected chi connectivity index (χ2v) is 1.98. The Hall–Kier alpha value is -0.530. The Balaban J connectivity index is 1.98. The van der Waals surface area contributed by atoms with Crippen LogP contribution in [0.3, 0.4) is 0 Å². The molecule has 7 heavy (non-hydrogen) atoms. The molecule has 0 aromatic heterocycles. The van der Waals surface area contributed by atoms with Crippen LogP contribution in [0.25, 0.3) is 0 Å². The van der Waals surface area contributed by atoms with Crippen LogP contribution in [0.1, 0.15) is 19.3 Å². The highest BCUT2D eigenvalue weighted by atomic mass is 16.4. The lowest BCUT2D eigenvalue weighted by Crippen LogP contribution is -1.74. The molecule has 1 aliphatic rings. The maximum absolute atomic E-state index is 7.91. The summed E-state index contributed by atoms with van der Waals surface area (Å²) in [4.78, 5) is 0. The molecule has 1 rings (SSSR count). The van der Waals surface area contributed by atoms with E-state index in [1.807, 2.05) is 0 Å². The minimum Gasteiger partial charge on any atom is -0.411 e. The number of rotatable bonds is 2. The minimum absolute atomic E-state index is 0.843. The normalized spacial score (nSPS) is 21.1. The van der Waals surface area contributed by atoms with E-state index in [0.29, 0.717) is 0 Å². The van der Waals surface area contributed by atoms with Gasteiger partial charge in [-0.1, -0.05) is 0 Å². The van der Waals surface area contributed by atoms with Crippen molar-refractivity contribution < 1.29 is 5.21 Å². The third kappa shape index (κ3) is 1.57. The molecule has 0 aromatic carbocycles. The summed E-state index contributed by atoms with van der Waals surface area (Å²) in [6.07, 6.45) is 5.19. The summed E-state index contributed by atoms with van der Waals surface area (Å²) >= 11 is 0. The van der Waals surface area contributed by atoms with Gasteiger partial charge in [0.1, 0.15) is 0 Å². The largest absolute Gasteiger partial charge is 0.411 e. The SMILES string of the molecule is O/N=C\CC1CC1. The lowest BCUT2D eigenvalue weighted by Gasteiger charge is -1.78. The first-order valence-corrected chi connectivity index (χ1v) is 2.59. The van der Waals surface area contributed by atoms with Crippen LogP contribution >= 0.6 is 0 Å². The van der Waals surface area contributed by atoms with E-state index in [2.05, 4.69) is 5.16 Å². The second-order valence-electron chi connectivity index (χ2n) is 1.98. The third-order valence-electron chi connectivity index (χ3n) is 1.22. The summed E-state index contributed by atoms with van der Waals surface area (Å²) in [6.45, 7) is 0. The van der Waals surface area contributed by atoms with Gasteiger partial charge >= 0.3 is 0 Å². The van der Waals surface area contributed by atoms with Crippen molar-refractivity contribution in [2.75, 3.05) is 0 Å². The van der Waals surface area contributed by atoms with Gasteiger partial charge in [-0.05, 0) is 25.2 Å². The molecule has 0 radical (unpaired) electrons. The standard InChI is InChI=1S/C5H9NO/c7-6-4-3-5-1-2-5/h4-5,7H,1-3H2/b6-4-. The fourth-order valence-corrected chi connectivity index (χ4v) is 0.550. The van der Waals surface area contributed by atoms with Crippen molar-refractivity contribution in [3.05, 3.63) is 0 Å². The lowest BCUT2D eigenvalue weighted by atomic mass is 10.3. The highest BCUT2D eigenvalue weighted by molar-refractivity contribution is 5.56. The Morgan fingerprint density at radius 2 is 2.43 bits per heavy atom. The lowest BCUT2D eigenvalue weighted by molar-refractivity contribution is 0.320. The quantitative estimate of drug-likeness (QED) is 0.315. The first-order valence-electron chi connectivity index (χ1n) is 2.59. The van der Waals surface area contributed by atoms with E-state index >= 15 is 0 Å². The van der Waals surface area contributed by atoms with Crippen LogP contribution in [0.15, 0.2) is 5.16 Å². The Bertz CT molecular complexity index is 76.1. The van der Waals surface area contributed by atoms with Crippen LogP contribution in [-0.4, -0.2) is 11.4 Å². The molecule has 1 aliphatic carbocycles.